The summed E-state index contributed by atoms with van der Waals surface area (Å²) in [5.74, 6) is -2.62. The molecular weight excluding hydrogens is 508 g/mol. The minimum absolute atomic E-state index is 0.0554. The molecule has 8 N–H and O–H groups in total. The van der Waals surface area contributed by atoms with Crippen molar-refractivity contribution in [1.29, 1.82) is 5.41 Å². The van der Waals surface area contributed by atoms with E-state index < -0.39 is 39.8 Å². The number of nitrogens with one attached hydrogen (secondary N) is 4. The van der Waals surface area contributed by atoms with Gasteiger partial charge in [0.15, 0.2) is 0 Å². The number of hydrogen-bond donors (Lipinski definition) is 6. The molecule has 206 valence electrons. The molecule has 0 heterocycles. The third-order valence-corrected chi connectivity index (χ3v) is 7.37. The van der Waals surface area contributed by atoms with Crippen LogP contribution >= 0.6 is 0 Å². The molecule has 0 unspecified atom stereocenters. The highest BCUT2D eigenvalue weighted by Crippen LogP contribution is 2.13. The van der Waals surface area contributed by atoms with E-state index in [2.05, 4.69) is 15.4 Å². The van der Waals surface area contributed by atoms with Gasteiger partial charge in [-0.25, -0.2) is 13.1 Å². The fraction of sp³-hybridized carbons (Fsp3) is 0.385. The molecule has 3 atom stereocenters. The van der Waals surface area contributed by atoms with Crippen molar-refractivity contribution in [2.75, 3.05) is 0 Å². The summed E-state index contributed by atoms with van der Waals surface area (Å²) in [6.45, 7) is 3.68. The summed E-state index contributed by atoms with van der Waals surface area (Å²) < 4.78 is 28.2. The maximum absolute atomic E-state index is 13.2. The normalized spacial score (nSPS) is 13.6. The third kappa shape index (κ3) is 9.94. The monoisotopic (exact) mass is 544 g/mol. The Morgan fingerprint density at radius 3 is 2.13 bits per heavy atom. The second-order valence-corrected chi connectivity index (χ2v) is 10.9. The topological polar surface area (TPSA) is 197 Å². The van der Waals surface area contributed by atoms with Crippen molar-refractivity contribution in [3.05, 3.63) is 71.3 Å². The van der Waals surface area contributed by atoms with Gasteiger partial charge < -0.3 is 22.1 Å². The van der Waals surface area contributed by atoms with Crippen molar-refractivity contribution < 1.29 is 22.8 Å². The summed E-state index contributed by atoms with van der Waals surface area (Å²) in [5.41, 5.74) is 12.6. The Bertz CT molecular complexity index is 1220. The van der Waals surface area contributed by atoms with E-state index in [-0.39, 0.29) is 36.9 Å². The Hall–Kier alpha value is -3.77. The lowest BCUT2D eigenvalue weighted by Crippen LogP contribution is -2.55. The Balaban J connectivity index is 2.13. The number of carbonyl (C=O) groups is 3. The highest BCUT2D eigenvalue weighted by molar-refractivity contribution is 7.88. The molecule has 3 amide bonds. The number of nitrogens with two attached hydrogens (primary N) is 2. The van der Waals surface area contributed by atoms with Crippen LogP contribution in [0.5, 0.6) is 0 Å². The fourth-order valence-electron chi connectivity index (χ4n) is 3.62. The van der Waals surface area contributed by atoms with Gasteiger partial charge in [0.05, 0.1) is 5.75 Å². The first-order chi connectivity index (χ1) is 17.9. The van der Waals surface area contributed by atoms with Crippen molar-refractivity contribution in [3.8, 4) is 0 Å². The molecular formula is C26H36N6O5S. The number of sulfonamides is 1. The van der Waals surface area contributed by atoms with Crippen molar-refractivity contribution in [3.63, 3.8) is 0 Å². The molecule has 0 aliphatic carbocycles. The van der Waals surface area contributed by atoms with Crippen LogP contribution in [-0.4, -0.2) is 44.1 Å². The van der Waals surface area contributed by atoms with Crippen LogP contribution in [0.25, 0.3) is 0 Å². The largest absolute Gasteiger partial charge is 0.384 e. The van der Waals surface area contributed by atoms with Crippen LogP contribution in [0.15, 0.2) is 54.6 Å². The summed E-state index contributed by atoms with van der Waals surface area (Å²) in [4.78, 5) is 37.6. The van der Waals surface area contributed by atoms with E-state index in [4.69, 9.17) is 16.9 Å². The predicted octanol–water partition coefficient (Wildman–Crippen LogP) is 0.871. The minimum atomic E-state index is -3.88. The molecule has 12 heteroatoms. The molecule has 0 fully saturated rings. The molecule has 0 radical (unpaired) electrons. The fourth-order valence-corrected chi connectivity index (χ4v) is 5.06. The zero-order valence-corrected chi connectivity index (χ0v) is 22.4. The highest BCUT2D eigenvalue weighted by Gasteiger charge is 2.32. The summed E-state index contributed by atoms with van der Waals surface area (Å²) in [7, 11) is -3.88. The van der Waals surface area contributed by atoms with Gasteiger partial charge in [-0.3, -0.25) is 19.8 Å². The SMILES string of the molecule is CC[C@@H](C)[C@@H](NS(=O)(=O)Cc1ccccc1)C(=O)N[C@@H](CCC(N)=O)C(=O)NCc1ccc(C(=N)N)cc1. The van der Waals surface area contributed by atoms with Gasteiger partial charge in [-0.2, -0.15) is 0 Å². The first kappa shape index (κ1) is 30.5. The van der Waals surface area contributed by atoms with Gasteiger partial charge in [-0.1, -0.05) is 74.9 Å². The lowest BCUT2D eigenvalue weighted by molar-refractivity contribution is -0.131. The van der Waals surface area contributed by atoms with Crippen molar-refractivity contribution >= 4 is 33.6 Å². The molecule has 2 rings (SSSR count). The van der Waals surface area contributed by atoms with Gasteiger partial charge >= 0.3 is 0 Å². The summed E-state index contributed by atoms with van der Waals surface area (Å²) in [6, 6.07) is 13.0. The Kier molecular flexibility index (Phi) is 11.4. The lowest BCUT2D eigenvalue weighted by atomic mass is 9.98. The maximum atomic E-state index is 13.2. The molecule has 0 saturated carbocycles. The number of nitrogen functional groups attached to an aromatic ring is 1. The molecule has 38 heavy (non-hydrogen) atoms. The minimum Gasteiger partial charge on any atom is -0.384 e. The van der Waals surface area contributed by atoms with E-state index in [1.807, 2.05) is 6.92 Å². The zero-order chi connectivity index (χ0) is 28.3. The third-order valence-electron chi connectivity index (χ3n) is 6.05. The summed E-state index contributed by atoms with van der Waals surface area (Å²) >= 11 is 0. The van der Waals surface area contributed by atoms with Gasteiger partial charge in [-0.05, 0) is 23.5 Å². The number of benzene rings is 2. The molecule has 0 saturated heterocycles. The number of hydrogen-bond acceptors (Lipinski definition) is 6. The average molecular weight is 545 g/mol. The quantitative estimate of drug-likeness (QED) is 0.142. The predicted molar refractivity (Wildman–Crippen MR) is 145 cm³/mol. The number of amides is 3. The van der Waals surface area contributed by atoms with Crippen LogP contribution in [0.1, 0.15) is 49.8 Å². The van der Waals surface area contributed by atoms with Crippen molar-refractivity contribution in [2.45, 2.75) is 57.5 Å². The molecule has 2 aromatic rings. The second kappa shape index (κ2) is 14.2. The van der Waals surface area contributed by atoms with Gasteiger partial charge in [0, 0.05) is 18.5 Å². The van der Waals surface area contributed by atoms with E-state index in [1.165, 1.54) is 0 Å². The van der Waals surface area contributed by atoms with Crippen LogP contribution in [-0.2, 0) is 36.7 Å². The molecule has 11 nitrogen and oxygen atoms in total. The molecule has 0 bridgehead atoms. The number of amidine groups is 1. The van der Waals surface area contributed by atoms with E-state index in [0.717, 1.165) is 5.56 Å². The smallest absolute Gasteiger partial charge is 0.242 e. The van der Waals surface area contributed by atoms with Crippen LogP contribution in [0, 0.1) is 11.3 Å². The van der Waals surface area contributed by atoms with Crippen LogP contribution in [0.4, 0.5) is 0 Å². The first-order valence-corrected chi connectivity index (χ1v) is 13.9. The lowest BCUT2D eigenvalue weighted by Gasteiger charge is -2.26. The second-order valence-electron chi connectivity index (χ2n) is 9.12. The van der Waals surface area contributed by atoms with Crippen LogP contribution in [0.3, 0.4) is 0 Å². The molecule has 0 aliphatic rings. The summed E-state index contributed by atoms with van der Waals surface area (Å²) in [5, 5.41) is 12.8. The first-order valence-electron chi connectivity index (χ1n) is 12.3. The maximum Gasteiger partial charge on any atom is 0.242 e. The van der Waals surface area contributed by atoms with Gasteiger partial charge in [0.1, 0.15) is 17.9 Å². The standard InChI is InChI=1S/C26H36N6O5S/c1-3-17(2)23(32-38(36,37)16-19-7-5-4-6-8-19)26(35)31-21(13-14-22(27)33)25(34)30-15-18-9-11-20(12-10-18)24(28)29/h4-12,17,21,23,32H,3,13-16H2,1-2H3,(H2,27,33)(H3,28,29)(H,30,34)(H,31,35)/t17-,21+,23-/m1/s1. The van der Waals surface area contributed by atoms with Gasteiger partial charge in [-0.15, -0.1) is 0 Å². The van der Waals surface area contributed by atoms with Crippen molar-refractivity contribution in [2.24, 2.45) is 17.4 Å². The summed E-state index contributed by atoms with van der Waals surface area (Å²) in [6.07, 6.45) is 0.292. The van der Waals surface area contributed by atoms with E-state index in [0.29, 0.717) is 17.5 Å². The van der Waals surface area contributed by atoms with Crippen LogP contribution in [0.2, 0.25) is 0 Å². The Labute approximate surface area is 223 Å². The Morgan fingerprint density at radius 1 is 0.947 bits per heavy atom. The molecule has 0 aliphatic heterocycles. The van der Waals surface area contributed by atoms with E-state index >= 15 is 0 Å². The molecule has 2 aromatic carbocycles. The van der Waals surface area contributed by atoms with E-state index in [1.54, 1.807) is 61.5 Å². The van der Waals surface area contributed by atoms with Gasteiger partial charge in [0.25, 0.3) is 0 Å². The van der Waals surface area contributed by atoms with Gasteiger partial charge in [0.2, 0.25) is 27.7 Å². The molecule has 0 spiro atoms. The van der Waals surface area contributed by atoms with Crippen molar-refractivity contribution in [1.82, 2.24) is 15.4 Å². The number of primary amides is 1. The number of rotatable bonds is 15. The average Bonchev–Trinajstić information content (AvgIpc) is 2.88. The number of carbonyl (C=O) groups excluding carboxylic acids is 3. The zero-order valence-electron chi connectivity index (χ0n) is 21.6. The molecule has 0 aromatic heterocycles. The van der Waals surface area contributed by atoms with Crippen LogP contribution < -0.4 is 26.8 Å². The highest BCUT2D eigenvalue weighted by atomic mass is 32.2. The van der Waals surface area contributed by atoms with E-state index in [9.17, 15) is 22.8 Å². The Morgan fingerprint density at radius 2 is 1.58 bits per heavy atom.